The lowest BCUT2D eigenvalue weighted by molar-refractivity contribution is 0.112. The van der Waals surface area contributed by atoms with E-state index >= 15 is 0 Å². The van der Waals surface area contributed by atoms with Crippen LogP contribution >= 0.6 is 11.6 Å². The molecule has 0 atom stereocenters. The molecule has 1 aliphatic heterocycles. The summed E-state index contributed by atoms with van der Waals surface area (Å²) in [5, 5.41) is 10.6. The van der Waals surface area contributed by atoms with E-state index in [9.17, 15) is 9.90 Å². The van der Waals surface area contributed by atoms with Gasteiger partial charge in [0.2, 0.25) is 0 Å². The third-order valence-electron chi connectivity index (χ3n) is 4.44. The van der Waals surface area contributed by atoms with Crippen LogP contribution in [0.3, 0.4) is 0 Å². The van der Waals surface area contributed by atoms with Crippen LogP contribution in [0.15, 0.2) is 36.4 Å². The summed E-state index contributed by atoms with van der Waals surface area (Å²) < 4.78 is 6.00. The summed E-state index contributed by atoms with van der Waals surface area (Å²) in [5.41, 5.74) is 2.19. The van der Waals surface area contributed by atoms with Gasteiger partial charge in [0.05, 0.1) is 5.69 Å². The van der Waals surface area contributed by atoms with E-state index in [0.717, 1.165) is 49.2 Å². The number of rotatable bonds is 4. The van der Waals surface area contributed by atoms with E-state index in [1.54, 1.807) is 12.1 Å². The zero-order valence-corrected chi connectivity index (χ0v) is 14.3. The molecule has 0 aromatic heterocycles. The second-order valence-electron chi connectivity index (χ2n) is 6.02. The molecule has 0 bridgehead atoms. The van der Waals surface area contributed by atoms with Crippen LogP contribution in [0.4, 0.5) is 5.69 Å². The number of aldehydes is 1. The van der Waals surface area contributed by atoms with Crippen molar-refractivity contribution in [2.75, 3.05) is 18.0 Å². The summed E-state index contributed by atoms with van der Waals surface area (Å²) in [6, 6.07) is 10.6. The van der Waals surface area contributed by atoms with Gasteiger partial charge in [0.1, 0.15) is 17.6 Å². The molecule has 0 spiro atoms. The van der Waals surface area contributed by atoms with Gasteiger partial charge in [0, 0.05) is 42.1 Å². The smallest absolute Gasteiger partial charge is 0.152 e. The maximum absolute atomic E-state index is 11.3. The molecule has 3 rings (SSSR count). The maximum Gasteiger partial charge on any atom is 0.152 e. The zero-order valence-electron chi connectivity index (χ0n) is 13.5. The Morgan fingerprint density at radius 3 is 2.46 bits per heavy atom. The molecule has 0 aliphatic carbocycles. The van der Waals surface area contributed by atoms with Crippen LogP contribution in [0.2, 0.25) is 5.02 Å². The van der Waals surface area contributed by atoms with Gasteiger partial charge in [-0.3, -0.25) is 4.79 Å². The molecule has 1 aliphatic rings. The molecular weight excluding hydrogens is 326 g/mol. The van der Waals surface area contributed by atoms with Crippen molar-refractivity contribution in [1.29, 1.82) is 0 Å². The van der Waals surface area contributed by atoms with Crippen LogP contribution in [0.25, 0.3) is 0 Å². The van der Waals surface area contributed by atoms with Crippen LogP contribution in [-0.4, -0.2) is 30.6 Å². The van der Waals surface area contributed by atoms with Crippen molar-refractivity contribution in [3.63, 3.8) is 0 Å². The van der Waals surface area contributed by atoms with E-state index in [1.807, 2.05) is 31.2 Å². The number of anilines is 1. The molecule has 24 heavy (non-hydrogen) atoms. The minimum Gasteiger partial charge on any atom is -0.508 e. The molecule has 1 fully saturated rings. The van der Waals surface area contributed by atoms with Crippen molar-refractivity contribution in [3.05, 3.63) is 52.5 Å². The second-order valence-corrected chi connectivity index (χ2v) is 6.46. The standard InChI is InChI=1S/C19H20ClNO3/c1-13-18(23)7-2-14(12-22)19(13)21-10-8-17(9-11-21)24-16-5-3-15(20)4-6-16/h2-7,12,17,23H,8-11H2,1H3. The number of nitrogens with zero attached hydrogens (tertiary/aromatic N) is 1. The van der Waals surface area contributed by atoms with Gasteiger partial charge in [-0.2, -0.15) is 0 Å². The molecule has 4 nitrogen and oxygen atoms in total. The Labute approximate surface area is 146 Å². The first-order valence-electron chi connectivity index (χ1n) is 8.03. The van der Waals surface area contributed by atoms with Gasteiger partial charge in [-0.05, 0) is 43.3 Å². The molecular formula is C19H20ClNO3. The first-order chi connectivity index (χ1) is 11.6. The fraction of sp³-hybridized carbons (Fsp3) is 0.316. The number of phenols is 1. The Morgan fingerprint density at radius 2 is 1.83 bits per heavy atom. The number of benzene rings is 2. The maximum atomic E-state index is 11.3. The number of piperidine rings is 1. The first kappa shape index (κ1) is 16.7. The van der Waals surface area contributed by atoms with Crippen molar-refractivity contribution < 1.29 is 14.6 Å². The van der Waals surface area contributed by atoms with Gasteiger partial charge in [0.15, 0.2) is 6.29 Å². The molecule has 2 aromatic carbocycles. The molecule has 2 aromatic rings. The lowest BCUT2D eigenvalue weighted by Crippen LogP contribution is -2.39. The number of carbonyl (C=O) groups excluding carboxylic acids is 1. The van der Waals surface area contributed by atoms with E-state index < -0.39 is 0 Å². The molecule has 0 saturated carbocycles. The highest BCUT2D eigenvalue weighted by atomic mass is 35.5. The lowest BCUT2D eigenvalue weighted by atomic mass is 10.0. The van der Waals surface area contributed by atoms with Gasteiger partial charge in [-0.25, -0.2) is 0 Å². The number of hydrogen-bond acceptors (Lipinski definition) is 4. The summed E-state index contributed by atoms with van der Waals surface area (Å²) in [5.74, 6) is 1.04. The number of hydrogen-bond donors (Lipinski definition) is 1. The molecule has 1 heterocycles. The highest BCUT2D eigenvalue weighted by Gasteiger charge is 2.24. The van der Waals surface area contributed by atoms with Crippen molar-refractivity contribution in [2.24, 2.45) is 0 Å². The monoisotopic (exact) mass is 345 g/mol. The Bertz CT molecular complexity index is 722. The lowest BCUT2D eigenvalue weighted by Gasteiger charge is -2.35. The molecule has 0 radical (unpaired) electrons. The largest absolute Gasteiger partial charge is 0.508 e. The van der Waals surface area contributed by atoms with Crippen molar-refractivity contribution >= 4 is 23.6 Å². The summed E-state index contributed by atoms with van der Waals surface area (Å²) in [6.07, 6.45) is 2.70. The molecule has 5 heteroatoms. The second kappa shape index (κ2) is 7.14. The third kappa shape index (κ3) is 3.49. The van der Waals surface area contributed by atoms with Gasteiger partial charge in [-0.15, -0.1) is 0 Å². The highest BCUT2D eigenvalue weighted by Crippen LogP contribution is 2.33. The summed E-state index contributed by atoms with van der Waals surface area (Å²) in [7, 11) is 0. The van der Waals surface area contributed by atoms with Crippen LogP contribution < -0.4 is 9.64 Å². The van der Waals surface area contributed by atoms with Crippen molar-refractivity contribution in [3.8, 4) is 11.5 Å². The molecule has 126 valence electrons. The quantitative estimate of drug-likeness (QED) is 0.843. The first-order valence-corrected chi connectivity index (χ1v) is 8.41. The van der Waals surface area contributed by atoms with E-state index in [-0.39, 0.29) is 11.9 Å². The summed E-state index contributed by atoms with van der Waals surface area (Å²) in [4.78, 5) is 13.5. The number of aromatic hydroxyl groups is 1. The average molecular weight is 346 g/mol. The van der Waals surface area contributed by atoms with Crippen LogP contribution in [0.5, 0.6) is 11.5 Å². The summed E-state index contributed by atoms with van der Waals surface area (Å²) in [6.45, 7) is 3.40. The van der Waals surface area contributed by atoms with E-state index in [4.69, 9.17) is 16.3 Å². The predicted molar refractivity (Wildman–Crippen MR) is 95.5 cm³/mol. The highest BCUT2D eigenvalue weighted by molar-refractivity contribution is 6.30. The van der Waals surface area contributed by atoms with Crippen LogP contribution in [0.1, 0.15) is 28.8 Å². The van der Waals surface area contributed by atoms with Crippen molar-refractivity contribution in [1.82, 2.24) is 0 Å². The number of carbonyl (C=O) groups is 1. The topological polar surface area (TPSA) is 49.8 Å². The van der Waals surface area contributed by atoms with E-state index in [0.29, 0.717) is 10.6 Å². The fourth-order valence-electron chi connectivity index (χ4n) is 3.13. The average Bonchev–Trinajstić information content (AvgIpc) is 2.60. The Morgan fingerprint density at radius 1 is 1.17 bits per heavy atom. The van der Waals surface area contributed by atoms with Gasteiger partial charge >= 0.3 is 0 Å². The summed E-state index contributed by atoms with van der Waals surface area (Å²) >= 11 is 5.89. The number of phenolic OH excluding ortho intramolecular Hbond substituents is 1. The normalized spacial score (nSPS) is 15.3. The van der Waals surface area contributed by atoms with Crippen LogP contribution in [0, 0.1) is 6.92 Å². The van der Waals surface area contributed by atoms with E-state index in [1.165, 1.54) is 0 Å². The SMILES string of the molecule is Cc1c(O)ccc(C=O)c1N1CCC(Oc2ccc(Cl)cc2)CC1. The zero-order chi connectivity index (χ0) is 17.1. The third-order valence-corrected chi connectivity index (χ3v) is 4.69. The Balaban J connectivity index is 1.68. The van der Waals surface area contributed by atoms with Gasteiger partial charge in [-0.1, -0.05) is 11.6 Å². The van der Waals surface area contributed by atoms with E-state index in [2.05, 4.69) is 4.90 Å². The predicted octanol–water partition coefficient (Wildman–Crippen LogP) is 4.21. The van der Waals surface area contributed by atoms with Gasteiger partial charge in [0.25, 0.3) is 0 Å². The van der Waals surface area contributed by atoms with Crippen molar-refractivity contribution in [2.45, 2.75) is 25.9 Å². The Kier molecular flexibility index (Phi) is 4.95. The van der Waals surface area contributed by atoms with Crippen LogP contribution in [-0.2, 0) is 0 Å². The number of ether oxygens (including phenoxy) is 1. The molecule has 0 unspecified atom stereocenters. The molecule has 0 amide bonds. The number of halogens is 1. The minimum absolute atomic E-state index is 0.139. The molecule has 1 saturated heterocycles. The molecule has 1 N–H and O–H groups in total. The fourth-order valence-corrected chi connectivity index (χ4v) is 3.25. The minimum atomic E-state index is 0.139. The van der Waals surface area contributed by atoms with Gasteiger partial charge < -0.3 is 14.7 Å². The Hall–Kier alpha value is -2.20.